The van der Waals surface area contributed by atoms with Crippen LogP contribution in [0.1, 0.15) is 21.0 Å². The molecule has 0 saturated carbocycles. The molecule has 2 heterocycles. The summed E-state index contributed by atoms with van der Waals surface area (Å²) in [4.78, 5) is 17.7. The Labute approximate surface area is 196 Å². The molecule has 0 spiro atoms. The van der Waals surface area contributed by atoms with Gasteiger partial charge >= 0.3 is 0 Å². The number of furan rings is 1. The molecule has 0 radical (unpaired) electrons. The molecule has 1 N–H and O–H groups in total. The molecule has 4 rings (SSSR count). The number of anilines is 1. The maximum absolute atomic E-state index is 12.5. The Hall–Kier alpha value is -2.02. The Bertz CT molecular complexity index is 1240. The number of halogens is 4. The summed E-state index contributed by atoms with van der Waals surface area (Å²) in [5, 5.41) is 5.42. The number of hydrogen-bond acceptors (Lipinski definition) is 4. The van der Waals surface area contributed by atoms with E-state index >= 15 is 0 Å². The van der Waals surface area contributed by atoms with Gasteiger partial charge in [0, 0.05) is 38.1 Å². The van der Waals surface area contributed by atoms with Gasteiger partial charge in [-0.2, -0.15) is 0 Å². The van der Waals surface area contributed by atoms with Crippen LogP contribution in [0.4, 0.5) is 5.13 Å². The fourth-order valence-corrected chi connectivity index (χ4v) is 4.36. The third-order valence-corrected chi connectivity index (χ3v) is 6.25. The minimum absolute atomic E-state index is 0.135. The van der Waals surface area contributed by atoms with Gasteiger partial charge < -0.3 is 4.42 Å². The average Bonchev–Trinajstić information content (AvgIpc) is 3.36. The van der Waals surface area contributed by atoms with Crippen molar-refractivity contribution in [2.45, 2.75) is 6.42 Å². The van der Waals surface area contributed by atoms with Crippen LogP contribution in [0.15, 0.2) is 59.1 Å². The topological polar surface area (TPSA) is 55.1 Å². The highest BCUT2D eigenvalue weighted by Gasteiger charge is 2.16. The van der Waals surface area contributed by atoms with Crippen molar-refractivity contribution in [2.75, 3.05) is 5.32 Å². The molecule has 0 bridgehead atoms. The molecule has 0 unspecified atom stereocenters. The Morgan fingerprint density at radius 3 is 2.50 bits per heavy atom. The van der Waals surface area contributed by atoms with E-state index in [4.69, 9.17) is 50.8 Å². The predicted octanol–water partition coefficient (Wildman–Crippen LogP) is 7.86. The van der Waals surface area contributed by atoms with E-state index in [-0.39, 0.29) is 5.76 Å². The lowest BCUT2D eigenvalue weighted by molar-refractivity contribution is 0.0997. The van der Waals surface area contributed by atoms with Crippen molar-refractivity contribution in [1.82, 2.24) is 4.98 Å². The number of aromatic nitrogens is 1. The fraction of sp³-hybridized carbons (Fsp3) is 0.0476. The first kappa shape index (κ1) is 21.2. The van der Waals surface area contributed by atoms with E-state index in [1.54, 1.807) is 48.7 Å². The lowest BCUT2D eigenvalue weighted by atomic mass is 10.1. The SMILES string of the molecule is O=C(Nc1ncc(Cc2cc(Cl)ccc2Cl)s1)c1ccc(-c2cc(Cl)ccc2Cl)o1. The van der Waals surface area contributed by atoms with Crippen molar-refractivity contribution >= 4 is 68.8 Å². The highest BCUT2D eigenvalue weighted by molar-refractivity contribution is 7.15. The summed E-state index contributed by atoms with van der Waals surface area (Å²) in [6, 6.07) is 13.6. The molecule has 0 aliphatic rings. The first-order valence-corrected chi connectivity index (χ1v) is 11.0. The minimum atomic E-state index is -0.416. The van der Waals surface area contributed by atoms with Gasteiger partial charge in [0.1, 0.15) is 5.76 Å². The molecule has 4 aromatic rings. The molecule has 0 aliphatic heterocycles. The van der Waals surface area contributed by atoms with E-state index in [1.165, 1.54) is 11.3 Å². The van der Waals surface area contributed by atoms with Crippen LogP contribution in [0.3, 0.4) is 0 Å². The van der Waals surface area contributed by atoms with Gasteiger partial charge in [-0.25, -0.2) is 4.98 Å². The highest BCUT2D eigenvalue weighted by atomic mass is 35.5. The number of amides is 1. The predicted molar refractivity (Wildman–Crippen MR) is 123 cm³/mol. The van der Waals surface area contributed by atoms with Gasteiger partial charge in [-0.1, -0.05) is 46.4 Å². The molecule has 0 aliphatic carbocycles. The van der Waals surface area contributed by atoms with Crippen molar-refractivity contribution in [3.63, 3.8) is 0 Å². The Kier molecular flexibility index (Phi) is 6.37. The number of rotatable bonds is 5. The average molecular weight is 498 g/mol. The van der Waals surface area contributed by atoms with Crippen LogP contribution in [-0.2, 0) is 6.42 Å². The molecule has 0 atom stereocenters. The van der Waals surface area contributed by atoms with Gasteiger partial charge in [0.25, 0.3) is 5.91 Å². The molecule has 152 valence electrons. The van der Waals surface area contributed by atoms with Gasteiger partial charge in [0.2, 0.25) is 0 Å². The molecule has 2 aromatic carbocycles. The molecule has 9 heteroatoms. The highest BCUT2D eigenvalue weighted by Crippen LogP contribution is 2.32. The Morgan fingerprint density at radius 2 is 1.70 bits per heavy atom. The minimum Gasteiger partial charge on any atom is -0.451 e. The third kappa shape index (κ3) is 4.82. The molecule has 0 fully saturated rings. The van der Waals surface area contributed by atoms with E-state index in [0.29, 0.717) is 43.0 Å². The largest absolute Gasteiger partial charge is 0.451 e. The van der Waals surface area contributed by atoms with Crippen molar-refractivity contribution < 1.29 is 9.21 Å². The molecule has 0 saturated heterocycles. The molecule has 4 nitrogen and oxygen atoms in total. The van der Waals surface area contributed by atoms with E-state index in [2.05, 4.69) is 10.3 Å². The second kappa shape index (κ2) is 9.00. The number of benzene rings is 2. The zero-order valence-electron chi connectivity index (χ0n) is 15.1. The van der Waals surface area contributed by atoms with Gasteiger partial charge in [-0.05, 0) is 54.1 Å². The summed E-state index contributed by atoms with van der Waals surface area (Å²) in [6.07, 6.45) is 2.25. The van der Waals surface area contributed by atoms with Crippen molar-refractivity contribution in [3.8, 4) is 11.3 Å². The number of hydrogen-bond donors (Lipinski definition) is 1. The lowest BCUT2D eigenvalue weighted by Crippen LogP contribution is -2.10. The van der Waals surface area contributed by atoms with Gasteiger partial charge in [0.15, 0.2) is 10.9 Å². The number of nitrogens with one attached hydrogen (secondary N) is 1. The fourth-order valence-electron chi connectivity index (χ4n) is 2.76. The Morgan fingerprint density at radius 1 is 0.967 bits per heavy atom. The van der Waals surface area contributed by atoms with E-state index in [0.717, 1.165) is 10.4 Å². The second-order valence-corrected chi connectivity index (χ2v) is 9.09. The Balaban J connectivity index is 1.47. The molecule has 1 amide bonds. The summed E-state index contributed by atoms with van der Waals surface area (Å²) in [5.41, 5.74) is 1.50. The summed E-state index contributed by atoms with van der Waals surface area (Å²) >= 11 is 25.8. The maximum atomic E-state index is 12.5. The summed E-state index contributed by atoms with van der Waals surface area (Å²) < 4.78 is 5.66. The van der Waals surface area contributed by atoms with E-state index < -0.39 is 5.91 Å². The van der Waals surface area contributed by atoms with Crippen molar-refractivity contribution in [2.24, 2.45) is 0 Å². The van der Waals surface area contributed by atoms with Crippen LogP contribution in [0, 0.1) is 0 Å². The number of thiazole rings is 1. The summed E-state index contributed by atoms with van der Waals surface area (Å²) in [5.74, 6) is 0.167. The smallest absolute Gasteiger partial charge is 0.293 e. The number of carbonyl (C=O) groups is 1. The van der Waals surface area contributed by atoms with Crippen LogP contribution < -0.4 is 5.32 Å². The third-order valence-electron chi connectivity index (χ3n) is 4.17. The maximum Gasteiger partial charge on any atom is 0.293 e. The first-order valence-electron chi connectivity index (χ1n) is 8.64. The number of nitrogens with zero attached hydrogens (tertiary/aromatic N) is 1. The molecular formula is C21H12Cl4N2O2S. The standard InChI is InChI=1S/C21H12Cl4N2O2S/c22-12-1-3-16(24)11(7-12)8-14-10-26-21(30-14)27-20(28)19-6-5-18(29-19)15-9-13(23)2-4-17(15)25/h1-7,9-10H,8H2,(H,26,27,28). The normalized spacial score (nSPS) is 10.9. The van der Waals surface area contributed by atoms with Crippen LogP contribution in [0.25, 0.3) is 11.3 Å². The van der Waals surface area contributed by atoms with Gasteiger partial charge in [-0.15, -0.1) is 11.3 Å². The lowest BCUT2D eigenvalue weighted by Gasteiger charge is -2.03. The quantitative estimate of drug-likeness (QED) is 0.305. The van der Waals surface area contributed by atoms with Crippen LogP contribution in [0.5, 0.6) is 0 Å². The van der Waals surface area contributed by atoms with Gasteiger partial charge in [-0.3, -0.25) is 10.1 Å². The molecular weight excluding hydrogens is 486 g/mol. The van der Waals surface area contributed by atoms with E-state index in [1.807, 2.05) is 6.07 Å². The van der Waals surface area contributed by atoms with Crippen LogP contribution in [0.2, 0.25) is 20.1 Å². The van der Waals surface area contributed by atoms with Crippen LogP contribution in [-0.4, -0.2) is 10.9 Å². The first-order chi connectivity index (χ1) is 14.4. The number of carbonyl (C=O) groups excluding carboxylic acids is 1. The zero-order valence-corrected chi connectivity index (χ0v) is 18.9. The van der Waals surface area contributed by atoms with Crippen LogP contribution >= 0.6 is 57.7 Å². The van der Waals surface area contributed by atoms with Gasteiger partial charge in [0.05, 0.1) is 5.02 Å². The molecule has 30 heavy (non-hydrogen) atoms. The monoisotopic (exact) mass is 496 g/mol. The summed E-state index contributed by atoms with van der Waals surface area (Å²) in [7, 11) is 0. The van der Waals surface area contributed by atoms with E-state index in [9.17, 15) is 4.79 Å². The second-order valence-electron chi connectivity index (χ2n) is 6.29. The summed E-state index contributed by atoms with van der Waals surface area (Å²) in [6.45, 7) is 0. The van der Waals surface area contributed by atoms with Crippen molar-refractivity contribution in [1.29, 1.82) is 0 Å². The molecule has 2 aromatic heterocycles. The zero-order chi connectivity index (χ0) is 21.3. The van der Waals surface area contributed by atoms with Crippen molar-refractivity contribution in [3.05, 3.63) is 91.0 Å².